The van der Waals surface area contributed by atoms with E-state index in [1.165, 1.54) is 64.2 Å². The highest BCUT2D eigenvalue weighted by Crippen LogP contribution is 2.09. The Labute approximate surface area is 138 Å². The first-order chi connectivity index (χ1) is 10.8. The van der Waals surface area contributed by atoms with E-state index < -0.39 is 0 Å². The summed E-state index contributed by atoms with van der Waals surface area (Å²) < 4.78 is 5.06. The van der Waals surface area contributed by atoms with Crippen LogP contribution in [-0.4, -0.2) is 12.6 Å². The molecular formula is C20H38O2. The second-order valence-corrected chi connectivity index (χ2v) is 6.20. The quantitative estimate of drug-likeness (QED) is 0.183. The van der Waals surface area contributed by atoms with Gasteiger partial charge in [0.05, 0.1) is 6.61 Å². The zero-order valence-electron chi connectivity index (χ0n) is 15.1. The van der Waals surface area contributed by atoms with E-state index in [0.29, 0.717) is 13.0 Å². The Balaban J connectivity index is 3.15. The van der Waals surface area contributed by atoms with Gasteiger partial charge in [0.15, 0.2) is 0 Å². The molecule has 0 heterocycles. The molecule has 0 aliphatic carbocycles. The molecule has 2 heteroatoms. The normalized spacial score (nSPS) is 11.2. The van der Waals surface area contributed by atoms with Crippen LogP contribution in [0.2, 0.25) is 0 Å². The van der Waals surface area contributed by atoms with Crippen LogP contribution < -0.4 is 0 Å². The summed E-state index contributed by atoms with van der Waals surface area (Å²) in [5, 5.41) is 0. The van der Waals surface area contributed by atoms with Crippen molar-refractivity contribution < 1.29 is 9.53 Å². The maximum Gasteiger partial charge on any atom is 0.305 e. The summed E-state index contributed by atoms with van der Waals surface area (Å²) in [7, 11) is 0. The van der Waals surface area contributed by atoms with E-state index in [1.54, 1.807) is 0 Å². The SMILES string of the molecule is CCCCCCC/C=C/CCCCCCCC(=O)OCCC. The van der Waals surface area contributed by atoms with E-state index in [-0.39, 0.29) is 5.97 Å². The molecule has 0 aliphatic rings. The summed E-state index contributed by atoms with van der Waals surface area (Å²) in [6.45, 7) is 4.86. The van der Waals surface area contributed by atoms with Crippen molar-refractivity contribution in [2.24, 2.45) is 0 Å². The molecule has 22 heavy (non-hydrogen) atoms. The van der Waals surface area contributed by atoms with Gasteiger partial charge in [0, 0.05) is 6.42 Å². The molecule has 0 saturated heterocycles. The van der Waals surface area contributed by atoms with Crippen LogP contribution in [0.25, 0.3) is 0 Å². The van der Waals surface area contributed by atoms with Crippen LogP contribution in [0.3, 0.4) is 0 Å². The third-order valence-corrected chi connectivity index (χ3v) is 3.86. The summed E-state index contributed by atoms with van der Waals surface area (Å²) in [5.41, 5.74) is 0. The van der Waals surface area contributed by atoms with Crippen molar-refractivity contribution in [3.05, 3.63) is 12.2 Å². The first-order valence-electron chi connectivity index (χ1n) is 9.61. The van der Waals surface area contributed by atoms with Crippen molar-refractivity contribution in [3.8, 4) is 0 Å². The van der Waals surface area contributed by atoms with Crippen molar-refractivity contribution in [1.82, 2.24) is 0 Å². The van der Waals surface area contributed by atoms with Crippen LogP contribution in [0.5, 0.6) is 0 Å². The molecule has 0 N–H and O–H groups in total. The molecule has 130 valence electrons. The van der Waals surface area contributed by atoms with E-state index in [2.05, 4.69) is 19.1 Å². The van der Waals surface area contributed by atoms with Gasteiger partial charge in [-0.15, -0.1) is 0 Å². The topological polar surface area (TPSA) is 26.3 Å². The number of allylic oxidation sites excluding steroid dienone is 2. The molecule has 0 aromatic carbocycles. The highest BCUT2D eigenvalue weighted by Gasteiger charge is 2.01. The van der Waals surface area contributed by atoms with Gasteiger partial charge in [-0.1, -0.05) is 70.9 Å². The number of hydrogen-bond donors (Lipinski definition) is 0. The molecular weight excluding hydrogens is 272 g/mol. The monoisotopic (exact) mass is 310 g/mol. The second kappa shape index (κ2) is 18.3. The molecule has 0 spiro atoms. The predicted molar refractivity (Wildman–Crippen MR) is 96.1 cm³/mol. The third kappa shape index (κ3) is 17.3. The van der Waals surface area contributed by atoms with Crippen molar-refractivity contribution >= 4 is 5.97 Å². The molecule has 0 aromatic heterocycles. The average molecular weight is 311 g/mol. The lowest BCUT2D eigenvalue weighted by Crippen LogP contribution is -2.04. The molecule has 0 bridgehead atoms. The van der Waals surface area contributed by atoms with E-state index in [4.69, 9.17) is 4.74 Å². The van der Waals surface area contributed by atoms with Crippen LogP contribution in [0.15, 0.2) is 12.2 Å². The summed E-state index contributed by atoms with van der Waals surface area (Å²) in [5.74, 6) is -0.0243. The Hall–Kier alpha value is -0.790. The average Bonchev–Trinajstić information content (AvgIpc) is 2.53. The van der Waals surface area contributed by atoms with Crippen LogP contribution in [0, 0.1) is 0 Å². The molecule has 0 unspecified atom stereocenters. The lowest BCUT2D eigenvalue weighted by molar-refractivity contribution is -0.143. The summed E-state index contributed by atoms with van der Waals surface area (Å²) >= 11 is 0. The Morgan fingerprint density at radius 2 is 1.27 bits per heavy atom. The fourth-order valence-electron chi connectivity index (χ4n) is 2.45. The van der Waals surface area contributed by atoms with E-state index in [9.17, 15) is 4.79 Å². The summed E-state index contributed by atoms with van der Waals surface area (Å²) in [6.07, 6.45) is 21.5. The molecule has 2 nitrogen and oxygen atoms in total. The molecule has 0 saturated carbocycles. The predicted octanol–water partition coefficient (Wildman–Crippen LogP) is 6.59. The fourth-order valence-corrected chi connectivity index (χ4v) is 2.45. The highest BCUT2D eigenvalue weighted by molar-refractivity contribution is 5.69. The van der Waals surface area contributed by atoms with Gasteiger partial charge < -0.3 is 4.74 Å². The molecule has 0 rings (SSSR count). The van der Waals surface area contributed by atoms with Crippen LogP contribution in [0.1, 0.15) is 104 Å². The van der Waals surface area contributed by atoms with Gasteiger partial charge >= 0.3 is 5.97 Å². The Bertz CT molecular complexity index is 258. The van der Waals surface area contributed by atoms with E-state index >= 15 is 0 Å². The zero-order chi connectivity index (χ0) is 16.3. The molecule has 0 aromatic rings. The van der Waals surface area contributed by atoms with Gasteiger partial charge in [0.25, 0.3) is 0 Å². The first kappa shape index (κ1) is 21.2. The second-order valence-electron chi connectivity index (χ2n) is 6.20. The Morgan fingerprint density at radius 3 is 1.86 bits per heavy atom. The van der Waals surface area contributed by atoms with Crippen molar-refractivity contribution in [2.75, 3.05) is 6.61 Å². The van der Waals surface area contributed by atoms with Crippen LogP contribution in [-0.2, 0) is 9.53 Å². The largest absolute Gasteiger partial charge is 0.466 e. The minimum atomic E-state index is -0.0243. The Morgan fingerprint density at radius 1 is 0.727 bits per heavy atom. The maximum absolute atomic E-state index is 11.3. The van der Waals surface area contributed by atoms with Gasteiger partial charge in [-0.2, -0.15) is 0 Å². The molecule has 0 fully saturated rings. The standard InChI is InChI=1S/C20H38O2/c1-3-5-6-7-8-9-10-11-12-13-14-15-16-17-18-20(21)22-19-4-2/h10-11H,3-9,12-19H2,1-2H3/b11-10+. The molecule has 0 atom stereocenters. The third-order valence-electron chi connectivity index (χ3n) is 3.86. The number of ether oxygens (including phenoxy) is 1. The smallest absolute Gasteiger partial charge is 0.305 e. The highest BCUT2D eigenvalue weighted by atomic mass is 16.5. The van der Waals surface area contributed by atoms with Crippen LogP contribution in [0.4, 0.5) is 0 Å². The first-order valence-corrected chi connectivity index (χ1v) is 9.61. The minimum absolute atomic E-state index is 0.0243. The van der Waals surface area contributed by atoms with Crippen molar-refractivity contribution in [1.29, 1.82) is 0 Å². The van der Waals surface area contributed by atoms with Crippen LogP contribution >= 0.6 is 0 Å². The number of esters is 1. The number of unbranched alkanes of at least 4 members (excludes halogenated alkanes) is 10. The van der Waals surface area contributed by atoms with Crippen molar-refractivity contribution in [3.63, 3.8) is 0 Å². The minimum Gasteiger partial charge on any atom is -0.466 e. The van der Waals surface area contributed by atoms with Gasteiger partial charge in [-0.3, -0.25) is 4.79 Å². The summed E-state index contributed by atoms with van der Waals surface area (Å²) in [4.78, 5) is 11.3. The Kier molecular flexibility index (Phi) is 17.6. The van der Waals surface area contributed by atoms with E-state index in [0.717, 1.165) is 19.3 Å². The van der Waals surface area contributed by atoms with Gasteiger partial charge in [-0.25, -0.2) is 0 Å². The van der Waals surface area contributed by atoms with E-state index in [1.807, 2.05) is 6.92 Å². The molecule has 0 aliphatic heterocycles. The van der Waals surface area contributed by atoms with Gasteiger partial charge in [0.2, 0.25) is 0 Å². The van der Waals surface area contributed by atoms with Crippen molar-refractivity contribution in [2.45, 2.75) is 104 Å². The maximum atomic E-state index is 11.3. The van der Waals surface area contributed by atoms with Gasteiger partial charge in [0.1, 0.15) is 0 Å². The fraction of sp³-hybridized carbons (Fsp3) is 0.850. The molecule has 0 radical (unpaired) electrons. The van der Waals surface area contributed by atoms with Gasteiger partial charge in [-0.05, 0) is 38.5 Å². The zero-order valence-corrected chi connectivity index (χ0v) is 15.1. The number of carbonyl (C=O) groups excluding carboxylic acids is 1. The lowest BCUT2D eigenvalue weighted by Gasteiger charge is -2.02. The number of rotatable bonds is 16. The summed E-state index contributed by atoms with van der Waals surface area (Å²) in [6, 6.07) is 0. The number of hydrogen-bond acceptors (Lipinski definition) is 2. The lowest BCUT2D eigenvalue weighted by atomic mass is 10.1. The number of carbonyl (C=O) groups is 1. The molecule has 0 amide bonds.